The van der Waals surface area contributed by atoms with Crippen LogP contribution in [0.4, 0.5) is 5.69 Å². The van der Waals surface area contributed by atoms with Crippen molar-refractivity contribution in [2.45, 2.75) is 26.2 Å². The van der Waals surface area contributed by atoms with Gasteiger partial charge in [-0.1, -0.05) is 23.8 Å². The Morgan fingerprint density at radius 1 is 1.05 bits per heavy atom. The van der Waals surface area contributed by atoms with Crippen LogP contribution in [0.15, 0.2) is 42.5 Å². The number of anilines is 1. The van der Waals surface area contributed by atoms with Crippen molar-refractivity contribution in [3.8, 4) is 0 Å². The number of carbonyl (C=O) groups excluding carboxylic acids is 2. The highest BCUT2D eigenvalue weighted by atomic mass is 16.1. The van der Waals surface area contributed by atoms with Gasteiger partial charge in [0.05, 0.1) is 0 Å². The van der Waals surface area contributed by atoms with Gasteiger partial charge in [0.1, 0.15) is 0 Å². The van der Waals surface area contributed by atoms with Crippen molar-refractivity contribution in [3.63, 3.8) is 0 Å². The number of amides is 1. The first-order chi connectivity index (χ1) is 10.1. The molecule has 0 atom stereocenters. The molecule has 2 aromatic carbocycles. The van der Waals surface area contributed by atoms with E-state index in [9.17, 15) is 9.59 Å². The highest BCUT2D eigenvalue weighted by Gasteiger charge is 2.16. The Balaban J connectivity index is 1.95. The quantitative estimate of drug-likeness (QED) is 0.855. The van der Waals surface area contributed by atoms with Crippen LogP contribution in [0.2, 0.25) is 0 Å². The average molecular weight is 279 g/mol. The number of aryl methyl sites for hydroxylation is 2. The average Bonchev–Trinajstić information content (AvgIpc) is 2.66. The van der Waals surface area contributed by atoms with Gasteiger partial charge in [-0.2, -0.15) is 0 Å². The molecule has 21 heavy (non-hydrogen) atoms. The predicted octanol–water partition coefficient (Wildman–Crippen LogP) is 3.50. The van der Waals surface area contributed by atoms with Crippen molar-refractivity contribution in [2.24, 2.45) is 0 Å². The Morgan fingerprint density at radius 2 is 1.86 bits per heavy atom. The number of hydrogen-bond donors (Lipinski definition) is 1. The summed E-state index contributed by atoms with van der Waals surface area (Å²) in [7, 11) is 0. The van der Waals surface area contributed by atoms with E-state index in [2.05, 4.69) is 5.32 Å². The lowest BCUT2D eigenvalue weighted by Crippen LogP contribution is -2.09. The van der Waals surface area contributed by atoms with Crippen LogP contribution in [-0.4, -0.2) is 11.7 Å². The zero-order valence-corrected chi connectivity index (χ0v) is 12.0. The SMILES string of the molecule is Cc1cccc(C(=O)c2ccc3c(c2)CCCC(=O)N3)c1. The molecule has 106 valence electrons. The molecule has 2 aromatic rings. The molecular formula is C18H17NO2. The molecule has 0 aliphatic carbocycles. The lowest BCUT2D eigenvalue weighted by Gasteiger charge is -2.09. The molecule has 1 aliphatic rings. The normalized spacial score (nSPS) is 14.0. The van der Waals surface area contributed by atoms with Gasteiger partial charge in [-0.15, -0.1) is 0 Å². The molecule has 3 rings (SSSR count). The molecule has 3 nitrogen and oxygen atoms in total. The van der Waals surface area contributed by atoms with E-state index >= 15 is 0 Å². The highest BCUT2D eigenvalue weighted by Crippen LogP contribution is 2.24. The van der Waals surface area contributed by atoms with E-state index in [1.54, 1.807) is 6.07 Å². The van der Waals surface area contributed by atoms with Gasteiger partial charge in [-0.25, -0.2) is 0 Å². The second-order valence-electron chi connectivity index (χ2n) is 5.47. The molecule has 0 aromatic heterocycles. The van der Waals surface area contributed by atoms with Crippen molar-refractivity contribution in [1.29, 1.82) is 0 Å². The maximum Gasteiger partial charge on any atom is 0.224 e. The van der Waals surface area contributed by atoms with Crippen LogP contribution in [0.5, 0.6) is 0 Å². The van der Waals surface area contributed by atoms with Gasteiger partial charge in [0.25, 0.3) is 0 Å². The summed E-state index contributed by atoms with van der Waals surface area (Å²) in [6.07, 6.45) is 2.18. The molecule has 0 fully saturated rings. The van der Waals surface area contributed by atoms with Crippen molar-refractivity contribution >= 4 is 17.4 Å². The molecule has 1 amide bonds. The minimum Gasteiger partial charge on any atom is -0.326 e. The zero-order valence-electron chi connectivity index (χ0n) is 12.0. The third-order valence-corrected chi connectivity index (χ3v) is 3.77. The van der Waals surface area contributed by atoms with Crippen molar-refractivity contribution in [3.05, 3.63) is 64.7 Å². The lowest BCUT2D eigenvalue weighted by molar-refractivity contribution is -0.116. The molecule has 3 heteroatoms. The van der Waals surface area contributed by atoms with Crippen LogP contribution >= 0.6 is 0 Å². The van der Waals surface area contributed by atoms with E-state index in [4.69, 9.17) is 0 Å². The number of rotatable bonds is 2. The van der Waals surface area contributed by atoms with Crippen LogP contribution in [0.3, 0.4) is 0 Å². The third-order valence-electron chi connectivity index (χ3n) is 3.77. The molecule has 0 saturated heterocycles. The van der Waals surface area contributed by atoms with Gasteiger partial charge in [0.15, 0.2) is 5.78 Å². The van der Waals surface area contributed by atoms with Gasteiger partial charge >= 0.3 is 0 Å². The highest BCUT2D eigenvalue weighted by molar-refractivity contribution is 6.09. The summed E-state index contributed by atoms with van der Waals surface area (Å²) in [5.41, 5.74) is 4.32. The summed E-state index contributed by atoms with van der Waals surface area (Å²) < 4.78 is 0. The summed E-state index contributed by atoms with van der Waals surface area (Å²) in [4.78, 5) is 24.1. The molecule has 0 unspecified atom stereocenters. The van der Waals surface area contributed by atoms with Gasteiger partial charge in [0, 0.05) is 23.2 Å². The summed E-state index contributed by atoms with van der Waals surface area (Å²) >= 11 is 0. The van der Waals surface area contributed by atoms with E-state index in [1.165, 1.54) is 0 Å². The summed E-state index contributed by atoms with van der Waals surface area (Å²) in [6, 6.07) is 13.1. The van der Waals surface area contributed by atoms with E-state index in [-0.39, 0.29) is 11.7 Å². The molecule has 0 spiro atoms. The third kappa shape index (κ3) is 2.87. The molecular weight excluding hydrogens is 262 g/mol. The minimum atomic E-state index is 0.0251. The fourth-order valence-electron chi connectivity index (χ4n) is 2.67. The van der Waals surface area contributed by atoms with E-state index in [0.717, 1.165) is 29.7 Å². The number of carbonyl (C=O) groups is 2. The Kier molecular flexibility index (Phi) is 3.57. The van der Waals surface area contributed by atoms with Crippen molar-refractivity contribution < 1.29 is 9.59 Å². The van der Waals surface area contributed by atoms with Crippen LogP contribution in [0, 0.1) is 6.92 Å². The smallest absolute Gasteiger partial charge is 0.224 e. The van der Waals surface area contributed by atoms with E-state index in [0.29, 0.717) is 17.5 Å². The monoisotopic (exact) mass is 279 g/mol. The topological polar surface area (TPSA) is 46.2 Å². The standard InChI is InChI=1S/C18H17NO2/c1-12-4-2-6-14(10-12)18(21)15-8-9-16-13(11-15)5-3-7-17(20)19-16/h2,4,6,8-11H,3,5,7H2,1H3,(H,19,20). The van der Waals surface area contributed by atoms with Crippen molar-refractivity contribution in [1.82, 2.24) is 0 Å². The second kappa shape index (κ2) is 5.52. The number of nitrogens with one attached hydrogen (secondary N) is 1. The van der Waals surface area contributed by atoms with E-state index in [1.807, 2.05) is 43.3 Å². The van der Waals surface area contributed by atoms with Gasteiger partial charge in [-0.05, 0) is 49.6 Å². The largest absolute Gasteiger partial charge is 0.326 e. The zero-order chi connectivity index (χ0) is 14.8. The molecule has 1 heterocycles. The first kappa shape index (κ1) is 13.6. The lowest BCUT2D eigenvalue weighted by atomic mass is 9.98. The number of benzene rings is 2. The summed E-state index contributed by atoms with van der Waals surface area (Å²) in [5.74, 6) is 0.0728. The summed E-state index contributed by atoms with van der Waals surface area (Å²) in [5, 5.41) is 2.89. The molecule has 0 radical (unpaired) electrons. The Labute approximate surface area is 124 Å². The van der Waals surface area contributed by atoms with Crippen LogP contribution in [0.25, 0.3) is 0 Å². The molecule has 1 aliphatic heterocycles. The number of hydrogen-bond acceptors (Lipinski definition) is 2. The van der Waals surface area contributed by atoms with E-state index < -0.39 is 0 Å². The maximum atomic E-state index is 12.5. The van der Waals surface area contributed by atoms with Crippen LogP contribution in [0.1, 0.15) is 39.9 Å². The van der Waals surface area contributed by atoms with Crippen molar-refractivity contribution in [2.75, 3.05) is 5.32 Å². The molecule has 0 bridgehead atoms. The predicted molar refractivity (Wildman–Crippen MR) is 82.6 cm³/mol. The molecule has 1 N–H and O–H groups in total. The van der Waals surface area contributed by atoms with Gasteiger partial charge < -0.3 is 5.32 Å². The Bertz CT molecular complexity index is 719. The Hall–Kier alpha value is -2.42. The maximum absolute atomic E-state index is 12.5. The van der Waals surface area contributed by atoms with Crippen LogP contribution in [-0.2, 0) is 11.2 Å². The minimum absolute atomic E-state index is 0.0251. The fourth-order valence-corrected chi connectivity index (χ4v) is 2.67. The number of fused-ring (bicyclic) bond motifs is 1. The molecule has 0 saturated carbocycles. The first-order valence-corrected chi connectivity index (χ1v) is 7.17. The van der Waals surface area contributed by atoms with Crippen LogP contribution < -0.4 is 5.32 Å². The Morgan fingerprint density at radius 3 is 2.67 bits per heavy atom. The fraction of sp³-hybridized carbons (Fsp3) is 0.222. The first-order valence-electron chi connectivity index (χ1n) is 7.17. The van der Waals surface area contributed by atoms with Gasteiger partial charge in [-0.3, -0.25) is 9.59 Å². The summed E-state index contributed by atoms with van der Waals surface area (Å²) in [6.45, 7) is 1.98. The second-order valence-corrected chi connectivity index (χ2v) is 5.47. The number of ketones is 1. The van der Waals surface area contributed by atoms with Gasteiger partial charge in [0.2, 0.25) is 5.91 Å².